The molecule has 2 heterocycles. The minimum atomic E-state index is -0.435. The summed E-state index contributed by atoms with van der Waals surface area (Å²) in [5.41, 5.74) is 4.96. The summed E-state index contributed by atoms with van der Waals surface area (Å²) in [5.74, 6) is 0.00492. The second-order valence-electron chi connectivity index (χ2n) is 9.63. The Hall–Kier alpha value is -4.66. The highest BCUT2D eigenvalue weighted by molar-refractivity contribution is 6.05. The highest BCUT2D eigenvalue weighted by Crippen LogP contribution is 2.25. The molecule has 1 unspecified atom stereocenters. The van der Waals surface area contributed by atoms with Crippen molar-refractivity contribution in [2.24, 2.45) is 10.2 Å². The largest absolute Gasteiger partial charge is 0.391 e. The number of carbonyl (C=O) groups excluding carboxylic acids is 2. The summed E-state index contributed by atoms with van der Waals surface area (Å²) in [4.78, 5) is 38.6. The number of β-amino-alcohol motifs (C(OH)–C–C–N with tert-alkyl or cyclic N) is 1. The van der Waals surface area contributed by atoms with E-state index in [0.717, 1.165) is 48.1 Å². The van der Waals surface area contributed by atoms with Crippen LogP contribution in [0, 0.1) is 0 Å². The number of aliphatic hydroxyl groups is 1. The third-order valence-corrected chi connectivity index (χ3v) is 6.70. The topological polar surface area (TPSA) is 137 Å². The van der Waals surface area contributed by atoms with Gasteiger partial charge in [0.1, 0.15) is 17.0 Å². The van der Waals surface area contributed by atoms with Crippen LogP contribution in [0.1, 0.15) is 40.0 Å². The van der Waals surface area contributed by atoms with Crippen molar-refractivity contribution >= 4 is 34.2 Å². The van der Waals surface area contributed by atoms with E-state index in [0.29, 0.717) is 29.2 Å². The summed E-state index contributed by atoms with van der Waals surface area (Å²) in [6.45, 7) is 1.42. The smallest absolute Gasteiger partial charge is 0.360 e. The molecule has 3 aromatic carbocycles. The minimum Gasteiger partial charge on any atom is -0.391 e. The van der Waals surface area contributed by atoms with E-state index in [1.165, 1.54) is 0 Å². The number of nitrogens with zero attached hydrogens (tertiary/aromatic N) is 5. The lowest BCUT2D eigenvalue weighted by molar-refractivity contribution is 0.0990. The maximum absolute atomic E-state index is 12.8. The van der Waals surface area contributed by atoms with Crippen molar-refractivity contribution in [1.82, 2.24) is 14.9 Å². The number of anilines is 2. The molecule has 10 nitrogen and oxygen atoms in total. The van der Waals surface area contributed by atoms with Crippen molar-refractivity contribution in [3.63, 3.8) is 0 Å². The molecule has 6 rings (SSSR count). The molecule has 0 radical (unpaired) electrons. The van der Waals surface area contributed by atoms with Gasteiger partial charge in [-0.25, -0.2) is 4.98 Å². The Labute approximate surface area is 218 Å². The highest BCUT2D eigenvalue weighted by atomic mass is 16.3. The Morgan fingerprint density at radius 2 is 1.76 bits per heavy atom. The molecule has 2 aliphatic rings. The van der Waals surface area contributed by atoms with E-state index in [1.807, 2.05) is 30.3 Å². The molecule has 1 saturated carbocycles. The maximum Gasteiger partial charge on any atom is 0.360 e. The number of carbonyl (C=O) groups is 2. The fourth-order valence-corrected chi connectivity index (χ4v) is 4.39. The first-order valence-electron chi connectivity index (χ1n) is 12.6. The normalized spacial score (nSPS) is 16.8. The van der Waals surface area contributed by atoms with Gasteiger partial charge in [-0.05, 0) is 73.9 Å². The molecule has 2 amide bonds. The second-order valence-corrected chi connectivity index (χ2v) is 9.63. The minimum absolute atomic E-state index is 0.209. The van der Waals surface area contributed by atoms with Gasteiger partial charge in [0, 0.05) is 41.2 Å². The van der Waals surface area contributed by atoms with E-state index in [4.69, 9.17) is 0 Å². The summed E-state index contributed by atoms with van der Waals surface area (Å²) >= 11 is 0. The summed E-state index contributed by atoms with van der Waals surface area (Å²) in [6.07, 6.45) is 2.48. The Kier molecular flexibility index (Phi) is 6.25. The molecule has 0 bridgehead atoms. The SMILES string of the molecule is O=C(N=[N+]=NC1CC1)c1ccc(-c2nc3ccc(NC(=O)c4ccc(N5CCC(O)C5)cc4)cc3[nH]2)cc1. The zero-order valence-electron chi connectivity index (χ0n) is 20.5. The molecular weight excluding hydrogens is 482 g/mol. The van der Waals surface area contributed by atoms with Crippen molar-refractivity contribution in [3.8, 4) is 11.4 Å². The number of amides is 2. The summed E-state index contributed by atoms with van der Waals surface area (Å²) < 4.78 is 0. The molecule has 1 atom stereocenters. The summed E-state index contributed by atoms with van der Waals surface area (Å²) in [6, 6.07) is 20.1. The van der Waals surface area contributed by atoms with Gasteiger partial charge < -0.3 is 20.3 Å². The van der Waals surface area contributed by atoms with Gasteiger partial charge in [-0.15, -0.1) is 0 Å². The summed E-state index contributed by atoms with van der Waals surface area (Å²) in [5, 5.41) is 20.3. The van der Waals surface area contributed by atoms with E-state index in [9.17, 15) is 14.7 Å². The number of rotatable bonds is 6. The molecule has 1 saturated heterocycles. The van der Waals surface area contributed by atoms with E-state index < -0.39 is 5.91 Å². The molecule has 3 N–H and O–H groups in total. The lowest BCUT2D eigenvalue weighted by Gasteiger charge is -2.18. The molecule has 38 heavy (non-hydrogen) atoms. The number of aliphatic hydroxyl groups excluding tert-OH is 1. The number of aromatic amines is 1. The molecule has 0 spiro atoms. The van der Waals surface area contributed by atoms with Crippen molar-refractivity contribution < 1.29 is 14.7 Å². The number of fused-ring (bicyclic) bond motifs is 1. The highest BCUT2D eigenvalue weighted by Gasteiger charge is 2.26. The predicted octanol–water partition coefficient (Wildman–Crippen LogP) is 4.33. The number of benzene rings is 3. The standard InChI is InChI=1S/C28H25N7O3/c36-23-13-14-35(16-23)22-10-5-18(6-11-22)27(37)29-21-9-12-24-25(15-21)31-26(30-24)17-1-3-19(4-2-17)28(38)33-34-32-20-7-8-20/h1-6,9-12,15,20,23,36H,7-8,13-14,16H2,(H,32,33,38)/p+1. The zero-order chi connectivity index (χ0) is 26.1. The molecule has 1 aromatic heterocycles. The number of nitrogens with one attached hydrogen (secondary N) is 2. The second kappa shape index (κ2) is 10.0. The molecule has 1 aliphatic heterocycles. The fraction of sp³-hybridized carbons (Fsp3) is 0.250. The van der Waals surface area contributed by atoms with Gasteiger partial charge in [0.2, 0.25) is 10.0 Å². The van der Waals surface area contributed by atoms with Crippen LogP contribution in [-0.4, -0.2) is 52.1 Å². The predicted molar refractivity (Wildman–Crippen MR) is 143 cm³/mol. The van der Waals surface area contributed by atoms with Crippen molar-refractivity contribution in [2.75, 3.05) is 23.3 Å². The Morgan fingerprint density at radius 3 is 2.47 bits per heavy atom. The van der Waals surface area contributed by atoms with E-state index in [2.05, 4.69) is 35.3 Å². The lowest BCUT2D eigenvalue weighted by atomic mass is 10.1. The molecule has 10 heteroatoms. The van der Waals surface area contributed by atoms with E-state index >= 15 is 0 Å². The van der Waals surface area contributed by atoms with Crippen molar-refractivity contribution in [2.45, 2.75) is 31.4 Å². The van der Waals surface area contributed by atoms with Gasteiger partial charge in [-0.1, -0.05) is 12.1 Å². The first-order valence-corrected chi connectivity index (χ1v) is 12.6. The molecule has 190 valence electrons. The van der Waals surface area contributed by atoms with Gasteiger partial charge in [0.15, 0.2) is 0 Å². The van der Waals surface area contributed by atoms with Crippen LogP contribution in [0.3, 0.4) is 0 Å². The number of hydrogen-bond acceptors (Lipinski definition) is 6. The third kappa shape index (κ3) is 5.22. The van der Waals surface area contributed by atoms with Gasteiger partial charge in [0.25, 0.3) is 5.91 Å². The van der Waals surface area contributed by atoms with Gasteiger partial charge in [0.05, 0.1) is 17.1 Å². The molecule has 1 aliphatic carbocycles. The number of H-pyrrole nitrogens is 1. The zero-order valence-corrected chi connectivity index (χ0v) is 20.5. The Morgan fingerprint density at radius 1 is 1.00 bits per heavy atom. The van der Waals surface area contributed by atoms with Crippen LogP contribution in [0.5, 0.6) is 0 Å². The van der Waals surface area contributed by atoms with Crippen molar-refractivity contribution in [1.29, 1.82) is 0 Å². The van der Waals surface area contributed by atoms with E-state index in [1.54, 1.807) is 36.4 Å². The van der Waals surface area contributed by atoms with Crippen LogP contribution in [-0.2, 0) is 0 Å². The Bertz CT molecular complexity index is 1570. The Balaban J connectivity index is 1.13. The fourth-order valence-electron chi connectivity index (χ4n) is 4.39. The van der Waals surface area contributed by atoms with Crippen LogP contribution >= 0.6 is 0 Å². The summed E-state index contributed by atoms with van der Waals surface area (Å²) in [7, 11) is 0. The van der Waals surface area contributed by atoms with Crippen LogP contribution < -0.4 is 15.1 Å². The number of aromatic nitrogens is 2. The average Bonchev–Trinajstić information content (AvgIpc) is 3.50. The molecule has 4 aromatic rings. The maximum atomic E-state index is 12.8. The van der Waals surface area contributed by atoms with E-state index in [-0.39, 0.29) is 18.1 Å². The number of imidazole rings is 1. The van der Waals surface area contributed by atoms with Gasteiger partial charge in [-0.2, -0.15) is 0 Å². The molecular formula is C28H26N7O3+. The van der Waals surface area contributed by atoms with Crippen LogP contribution in [0.15, 0.2) is 77.0 Å². The molecule has 2 fully saturated rings. The quantitative estimate of drug-likeness (QED) is 0.263. The van der Waals surface area contributed by atoms with Gasteiger partial charge in [-0.3, -0.25) is 9.59 Å². The monoisotopic (exact) mass is 508 g/mol. The first-order chi connectivity index (χ1) is 18.5. The number of hydrogen-bond donors (Lipinski definition) is 3. The van der Waals surface area contributed by atoms with Crippen LogP contribution in [0.2, 0.25) is 0 Å². The first kappa shape index (κ1) is 23.7. The lowest BCUT2D eigenvalue weighted by Crippen LogP contribution is -2.21. The van der Waals surface area contributed by atoms with Crippen LogP contribution in [0.4, 0.5) is 11.4 Å². The van der Waals surface area contributed by atoms with Gasteiger partial charge >= 0.3 is 5.91 Å². The van der Waals surface area contributed by atoms with Crippen molar-refractivity contribution in [3.05, 3.63) is 77.9 Å². The van der Waals surface area contributed by atoms with Crippen LogP contribution in [0.25, 0.3) is 22.4 Å². The average molecular weight is 509 g/mol. The third-order valence-electron chi connectivity index (χ3n) is 6.70.